The van der Waals surface area contributed by atoms with Gasteiger partial charge in [0.05, 0.1) is 12.1 Å². The number of hydrogen-bond acceptors (Lipinski definition) is 7. The van der Waals surface area contributed by atoms with E-state index in [1.165, 1.54) is 12.4 Å². The Balaban J connectivity index is 2.19. The number of rotatable bonds is 6. The van der Waals surface area contributed by atoms with Gasteiger partial charge in [0.2, 0.25) is 0 Å². The highest BCUT2D eigenvalue weighted by molar-refractivity contribution is 7.12. The van der Waals surface area contributed by atoms with Crippen molar-refractivity contribution in [3.05, 3.63) is 10.4 Å². The van der Waals surface area contributed by atoms with E-state index in [2.05, 4.69) is 4.98 Å². The van der Waals surface area contributed by atoms with E-state index in [1.807, 2.05) is 0 Å². The van der Waals surface area contributed by atoms with E-state index < -0.39 is 17.5 Å². The van der Waals surface area contributed by atoms with E-state index in [9.17, 15) is 14.4 Å². The van der Waals surface area contributed by atoms with E-state index in [0.717, 1.165) is 30.6 Å². The molecule has 1 aliphatic carbocycles. The number of carbonyl (C=O) groups is 3. The lowest BCUT2D eigenvalue weighted by atomic mass is 9.84. The third-order valence-corrected chi connectivity index (χ3v) is 4.75. The number of likely N-dealkylation sites (N-methyl/N-ethyl adjacent to an activating group) is 1. The van der Waals surface area contributed by atoms with Gasteiger partial charge in [-0.15, -0.1) is 11.3 Å². The van der Waals surface area contributed by atoms with Crippen LogP contribution in [0.4, 0.5) is 5.82 Å². The number of amides is 1. The van der Waals surface area contributed by atoms with E-state index in [-0.39, 0.29) is 17.2 Å². The van der Waals surface area contributed by atoms with Crippen molar-refractivity contribution in [2.75, 3.05) is 18.5 Å². The Kier molecular flexibility index (Phi) is 5.35. The number of anilines is 1. The zero-order valence-corrected chi connectivity index (χ0v) is 14.1. The van der Waals surface area contributed by atoms with Gasteiger partial charge in [0, 0.05) is 7.05 Å². The van der Waals surface area contributed by atoms with Gasteiger partial charge in [-0.2, -0.15) is 0 Å². The highest BCUT2D eigenvalue weighted by Gasteiger charge is 2.42. The molecule has 126 valence electrons. The summed E-state index contributed by atoms with van der Waals surface area (Å²) in [5, 5.41) is 0. The van der Waals surface area contributed by atoms with E-state index in [4.69, 9.17) is 10.5 Å². The van der Waals surface area contributed by atoms with Gasteiger partial charge in [0.25, 0.3) is 5.91 Å². The summed E-state index contributed by atoms with van der Waals surface area (Å²) in [6.45, 7) is 1.61. The van der Waals surface area contributed by atoms with Gasteiger partial charge in [-0.1, -0.05) is 6.42 Å². The number of ketones is 1. The van der Waals surface area contributed by atoms with Gasteiger partial charge >= 0.3 is 5.97 Å². The van der Waals surface area contributed by atoms with Gasteiger partial charge in [-0.05, 0) is 32.6 Å². The molecule has 1 fully saturated rings. The van der Waals surface area contributed by atoms with Crippen LogP contribution in [0.3, 0.4) is 0 Å². The molecular formula is C15H21N3O4S. The molecule has 8 heteroatoms. The van der Waals surface area contributed by atoms with Crippen LogP contribution in [-0.4, -0.2) is 41.8 Å². The molecule has 0 radical (unpaired) electrons. The maximum absolute atomic E-state index is 12.5. The number of esters is 1. The zero-order chi connectivity index (χ0) is 17.0. The lowest BCUT2D eigenvalue weighted by molar-refractivity contribution is -0.140. The van der Waals surface area contributed by atoms with Crippen molar-refractivity contribution in [3.8, 4) is 0 Å². The van der Waals surface area contributed by atoms with Crippen LogP contribution in [0.25, 0.3) is 0 Å². The van der Waals surface area contributed by atoms with Crippen LogP contribution >= 0.6 is 11.3 Å². The second-order valence-electron chi connectivity index (χ2n) is 5.87. The van der Waals surface area contributed by atoms with Crippen LogP contribution in [0.5, 0.6) is 0 Å². The molecule has 1 aromatic rings. The average Bonchev–Trinajstić information content (AvgIpc) is 2.97. The van der Waals surface area contributed by atoms with Crippen LogP contribution in [-0.2, 0) is 14.3 Å². The summed E-state index contributed by atoms with van der Waals surface area (Å²) in [7, 11) is 1.68. The summed E-state index contributed by atoms with van der Waals surface area (Å²) >= 11 is 1.12. The molecule has 1 saturated carbocycles. The van der Waals surface area contributed by atoms with Crippen molar-refractivity contribution in [1.29, 1.82) is 0 Å². The highest BCUT2D eigenvalue weighted by Crippen LogP contribution is 2.34. The Morgan fingerprint density at radius 2 is 2.00 bits per heavy atom. The number of carbonyl (C=O) groups excluding carboxylic acids is 3. The number of nitrogens with two attached hydrogens (primary N) is 1. The quantitative estimate of drug-likeness (QED) is 0.788. The predicted octanol–water partition coefficient (Wildman–Crippen LogP) is 1.51. The van der Waals surface area contributed by atoms with Crippen LogP contribution in [0, 0.1) is 0 Å². The summed E-state index contributed by atoms with van der Waals surface area (Å²) in [6.07, 6.45) is 3.50. The minimum Gasteiger partial charge on any atom is -0.445 e. The van der Waals surface area contributed by atoms with Crippen LogP contribution < -0.4 is 10.6 Å². The number of thiazole rings is 1. The monoisotopic (exact) mass is 339 g/mol. The van der Waals surface area contributed by atoms with Crippen molar-refractivity contribution >= 4 is 34.8 Å². The van der Waals surface area contributed by atoms with Crippen molar-refractivity contribution in [2.45, 2.75) is 44.6 Å². The Bertz CT molecular complexity index is 608. The normalized spacial score (nSPS) is 16.6. The van der Waals surface area contributed by atoms with Crippen LogP contribution in [0.15, 0.2) is 5.51 Å². The van der Waals surface area contributed by atoms with Crippen molar-refractivity contribution in [1.82, 2.24) is 4.98 Å². The largest absolute Gasteiger partial charge is 0.445 e. The maximum atomic E-state index is 12.5. The Morgan fingerprint density at radius 3 is 2.57 bits per heavy atom. The molecule has 0 spiro atoms. The first-order valence-corrected chi connectivity index (χ1v) is 8.41. The van der Waals surface area contributed by atoms with Crippen molar-refractivity contribution in [2.24, 2.45) is 5.73 Å². The average molecular weight is 339 g/mol. The first kappa shape index (κ1) is 17.4. The number of primary amides is 1. The molecule has 0 atom stereocenters. The maximum Gasteiger partial charge on any atom is 0.353 e. The van der Waals surface area contributed by atoms with Crippen molar-refractivity contribution in [3.63, 3.8) is 0 Å². The fourth-order valence-corrected chi connectivity index (χ4v) is 3.52. The number of aromatic nitrogens is 1. The van der Waals surface area contributed by atoms with Gasteiger partial charge in [0.15, 0.2) is 16.3 Å². The van der Waals surface area contributed by atoms with Crippen LogP contribution in [0.1, 0.15) is 48.7 Å². The smallest absolute Gasteiger partial charge is 0.353 e. The number of hydrogen-bond donors (Lipinski definition) is 1. The molecule has 1 amide bonds. The number of ether oxygens (including phenoxy) is 1. The summed E-state index contributed by atoms with van der Waals surface area (Å²) in [4.78, 5) is 41.6. The topological polar surface area (TPSA) is 103 Å². The Labute approximate surface area is 138 Å². The predicted molar refractivity (Wildman–Crippen MR) is 86.5 cm³/mol. The summed E-state index contributed by atoms with van der Waals surface area (Å²) < 4.78 is 5.53. The molecule has 0 unspecified atom stereocenters. The molecule has 0 bridgehead atoms. The molecule has 0 aromatic carbocycles. The summed E-state index contributed by atoms with van der Waals surface area (Å²) in [6, 6.07) is 0. The van der Waals surface area contributed by atoms with Crippen LogP contribution in [0.2, 0.25) is 0 Å². The first-order chi connectivity index (χ1) is 10.9. The van der Waals surface area contributed by atoms with E-state index >= 15 is 0 Å². The molecule has 2 N–H and O–H groups in total. The Morgan fingerprint density at radius 1 is 1.35 bits per heavy atom. The van der Waals surface area contributed by atoms with Gasteiger partial charge in [0.1, 0.15) is 5.78 Å². The molecule has 0 aliphatic heterocycles. The summed E-state index contributed by atoms with van der Waals surface area (Å²) in [5.74, 6) is -0.876. The molecule has 1 aliphatic rings. The fraction of sp³-hybridized carbons (Fsp3) is 0.600. The van der Waals surface area contributed by atoms with Gasteiger partial charge in [-0.3, -0.25) is 9.59 Å². The second-order valence-corrected chi connectivity index (χ2v) is 6.73. The van der Waals surface area contributed by atoms with Gasteiger partial charge < -0.3 is 15.4 Å². The lowest BCUT2D eigenvalue weighted by Gasteiger charge is -2.33. The van der Waals surface area contributed by atoms with Gasteiger partial charge in [-0.25, -0.2) is 9.78 Å². The minimum absolute atomic E-state index is 0.0410. The third kappa shape index (κ3) is 3.87. The molecule has 1 heterocycles. The molecule has 2 rings (SSSR count). The molecule has 1 aromatic heterocycles. The van der Waals surface area contributed by atoms with Crippen molar-refractivity contribution < 1.29 is 19.1 Å². The molecule has 23 heavy (non-hydrogen) atoms. The summed E-state index contributed by atoms with van der Waals surface area (Å²) in [5.41, 5.74) is 5.77. The Hall–Kier alpha value is -1.96. The molecular weight excluding hydrogens is 318 g/mol. The SMILES string of the molecule is CC(=O)CN(C)c1ncsc1C(=O)OC1(C(N)=O)CCCCC1. The second kappa shape index (κ2) is 7.08. The standard InChI is InChI=1S/C15H21N3O4S/c1-10(19)8-18(2)12-11(23-9-17-12)13(20)22-15(14(16)21)6-4-3-5-7-15/h9H,3-8H2,1-2H3,(H2,16,21). The highest BCUT2D eigenvalue weighted by atomic mass is 32.1. The minimum atomic E-state index is -1.23. The third-order valence-electron chi connectivity index (χ3n) is 3.95. The fourth-order valence-electron chi connectivity index (χ4n) is 2.81. The molecule has 7 nitrogen and oxygen atoms in total. The zero-order valence-electron chi connectivity index (χ0n) is 13.3. The van der Waals surface area contributed by atoms with E-state index in [1.54, 1.807) is 11.9 Å². The van der Waals surface area contributed by atoms with E-state index in [0.29, 0.717) is 18.7 Å². The molecule has 0 saturated heterocycles. The number of nitrogens with zero attached hydrogens (tertiary/aromatic N) is 2. The lowest BCUT2D eigenvalue weighted by Crippen LogP contribution is -2.49. The first-order valence-electron chi connectivity index (χ1n) is 7.53. The number of Topliss-reactive ketones (excluding diaryl/α,β-unsaturated/α-hetero) is 1.